The number of benzene rings is 2. The summed E-state index contributed by atoms with van der Waals surface area (Å²) in [5.41, 5.74) is 2.42. The van der Waals surface area contributed by atoms with Crippen molar-refractivity contribution in [2.75, 3.05) is 7.05 Å². The third-order valence-corrected chi connectivity index (χ3v) is 5.46. The van der Waals surface area contributed by atoms with E-state index in [1.807, 2.05) is 55.5 Å². The Balaban J connectivity index is 1.43. The topological polar surface area (TPSA) is 73.1 Å². The maximum absolute atomic E-state index is 12.9. The molecule has 0 fully saturated rings. The van der Waals surface area contributed by atoms with E-state index < -0.39 is 0 Å². The van der Waals surface area contributed by atoms with E-state index in [0.717, 1.165) is 15.7 Å². The summed E-state index contributed by atoms with van der Waals surface area (Å²) in [5.74, 6) is 0.976. The molecule has 0 N–H and O–H groups in total. The molecule has 0 spiro atoms. The number of hydrogen-bond donors (Lipinski definition) is 0. The fraction of sp³-hybridized carbons (Fsp3) is 0.130. The van der Waals surface area contributed by atoms with Crippen LogP contribution in [0.3, 0.4) is 0 Å². The fourth-order valence-corrected chi connectivity index (χ4v) is 3.45. The minimum atomic E-state index is -0.116. The lowest BCUT2D eigenvalue weighted by Crippen LogP contribution is -2.29. The Morgan fingerprint density at radius 3 is 2.58 bits per heavy atom. The highest BCUT2D eigenvalue weighted by Crippen LogP contribution is 2.25. The molecule has 1 atom stereocenters. The molecule has 0 bridgehead atoms. The average molecular weight is 478 g/mol. The van der Waals surface area contributed by atoms with Gasteiger partial charge in [0, 0.05) is 23.8 Å². The first kappa shape index (κ1) is 20.7. The number of carbonyl (C=O) groups is 1. The molecular weight excluding hydrogens is 458 g/mol. The highest BCUT2D eigenvalue weighted by Gasteiger charge is 2.19. The number of aromatic nitrogens is 4. The second-order valence-electron chi connectivity index (χ2n) is 6.97. The number of amides is 1. The van der Waals surface area contributed by atoms with Crippen LogP contribution in [0, 0.1) is 0 Å². The molecule has 0 aliphatic rings. The molecule has 4 aromatic rings. The summed E-state index contributed by atoms with van der Waals surface area (Å²) >= 11 is 3.41. The van der Waals surface area contributed by atoms with Gasteiger partial charge in [-0.25, -0.2) is 14.6 Å². The molecular formula is C23H20BrN5O2. The maximum atomic E-state index is 12.9. The van der Waals surface area contributed by atoms with Crippen LogP contribution in [0.15, 0.2) is 84.0 Å². The van der Waals surface area contributed by atoms with Gasteiger partial charge in [-0.3, -0.25) is 4.79 Å². The van der Waals surface area contributed by atoms with Crippen molar-refractivity contribution in [2.45, 2.75) is 13.0 Å². The van der Waals surface area contributed by atoms with Gasteiger partial charge in [-0.15, -0.1) is 0 Å². The summed E-state index contributed by atoms with van der Waals surface area (Å²) in [6.45, 7) is 1.99. The highest BCUT2D eigenvalue weighted by atomic mass is 79.9. The normalized spacial score (nSPS) is 11.7. The monoisotopic (exact) mass is 477 g/mol. The van der Waals surface area contributed by atoms with E-state index in [1.165, 1.54) is 12.5 Å². The van der Waals surface area contributed by atoms with Crippen molar-refractivity contribution in [1.29, 1.82) is 0 Å². The average Bonchev–Trinajstić information content (AvgIpc) is 3.33. The van der Waals surface area contributed by atoms with E-state index in [-0.39, 0.29) is 11.9 Å². The second kappa shape index (κ2) is 9.09. The Kier molecular flexibility index (Phi) is 6.08. The van der Waals surface area contributed by atoms with E-state index >= 15 is 0 Å². The first-order valence-corrected chi connectivity index (χ1v) is 10.4. The third kappa shape index (κ3) is 4.80. The molecule has 1 amide bonds. The van der Waals surface area contributed by atoms with E-state index in [2.05, 4.69) is 31.0 Å². The Labute approximate surface area is 188 Å². The molecule has 0 radical (unpaired) electrons. The van der Waals surface area contributed by atoms with Crippen molar-refractivity contribution in [3.8, 4) is 17.3 Å². The lowest BCUT2D eigenvalue weighted by Gasteiger charge is -2.25. The number of halogens is 1. The van der Waals surface area contributed by atoms with E-state index in [9.17, 15) is 4.79 Å². The molecule has 2 heterocycles. The molecule has 2 aromatic heterocycles. The van der Waals surface area contributed by atoms with Crippen LogP contribution in [-0.4, -0.2) is 37.6 Å². The molecule has 0 aliphatic heterocycles. The van der Waals surface area contributed by atoms with Gasteiger partial charge in [-0.2, -0.15) is 5.10 Å². The number of pyridine rings is 1. The minimum Gasteiger partial charge on any atom is -0.439 e. The summed E-state index contributed by atoms with van der Waals surface area (Å²) in [6, 6.07) is 18.7. The van der Waals surface area contributed by atoms with Gasteiger partial charge in [0.2, 0.25) is 5.88 Å². The van der Waals surface area contributed by atoms with Crippen molar-refractivity contribution >= 4 is 21.8 Å². The predicted octanol–water partition coefficient (Wildman–Crippen LogP) is 5.05. The molecule has 0 saturated carbocycles. The smallest absolute Gasteiger partial charge is 0.255 e. The van der Waals surface area contributed by atoms with Crippen LogP contribution in [0.4, 0.5) is 0 Å². The molecule has 31 heavy (non-hydrogen) atoms. The number of rotatable bonds is 6. The van der Waals surface area contributed by atoms with Crippen molar-refractivity contribution in [1.82, 2.24) is 24.6 Å². The number of ether oxygens (including phenoxy) is 1. The van der Waals surface area contributed by atoms with Gasteiger partial charge in [0.15, 0.2) is 0 Å². The summed E-state index contributed by atoms with van der Waals surface area (Å²) < 4.78 is 8.34. The van der Waals surface area contributed by atoms with E-state index in [4.69, 9.17) is 4.74 Å². The number of hydrogen-bond acceptors (Lipinski definition) is 5. The van der Waals surface area contributed by atoms with Crippen molar-refractivity contribution in [2.24, 2.45) is 0 Å². The lowest BCUT2D eigenvalue weighted by molar-refractivity contribution is 0.0742. The third-order valence-electron chi connectivity index (χ3n) is 4.96. The zero-order valence-corrected chi connectivity index (χ0v) is 18.6. The van der Waals surface area contributed by atoms with Crippen molar-refractivity contribution in [3.05, 3.63) is 95.1 Å². The molecule has 0 saturated heterocycles. The van der Waals surface area contributed by atoms with E-state index in [0.29, 0.717) is 17.2 Å². The molecule has 1 unspecified atom stereocenters. The molecule has 156 valence electrons. The zero-order chi connectivity index (χ0) is 21.8. The van der Waals surface area contributed by atoms with Gasteiger partial charge in [-0.1, -0.05) is 34.1 Å². The van der Waals surface area contributed by atoms with Crippen LogP contribution in [0.2, 0.25) is 0 Å². The molecule has 8 heteroatoms. The van der Waals surface area contributed by atoms with Gasteiger partial charge in [0.1, 0.15) is 18.4 Å². The highest BCUT2D eigenvalue weighted by molar-refractivity contribution is 9.10. The maximum Gasteiger partial charge on any atom is 0.255 e. The SMILES string of the molecule is CC(c1ccc(-n2cncn2)cc1)N(C)C(=O)c1ccc(Oc2cccc(Br)c2)nc1. The van der Waals surface area contributed by atoms with Crippen LogP contribution >= 0.6 is 15.9 Å². The second-order valence-corrected chi connectivity index (χ2v) is 7.88. The van der Waals surface area contributed by atoms with Crippen LogP contribution in [0.5, 0.6) is 11.6 Å². The minimum absolute atomic E-state index is 0.116. The molecule has 7 nitrogen and oxygen atoms in total. The first-order valence-electron chi connectivity index (χ1n) is 9.63. The molecule has 0 aliphatic carbocycles. The van der Waals surface area contributed by atoms with Crippen molar-refractivity contribution < 1.29 is 9.53 Å². The first-order chi connectivity index (χ1) is 15.0. The van der Waals surface area contributed by atoms with Crippen molar-refractivity contribution in [3.63, 3.8) is 0 Å². The van der Waals surface area contributed by atoms with Gasteiger partial charge in [-0.05, 0) is 48.9 Å². The summed E-state index contributed by atoms with van der Waals surface area (Å²) in [7, 11) is 1.78. The number of nitrogens with zero attached hydrogens (tertiary/aromatic N) is 5. The standard InChI is InChI=1S/C23H20BrN5O2/c1-16(17-6-9-20(10-7-17)29-15-25-14-27-29)28(2)23(30)18-8-11-22(26-13-18)31-21-5-3-4-19(24)12-21/h3-16H,1-2H3. The van der Waals surface area contributed by atoms with Crippen LogP contribution in [-0.2, 0) is 0 Å². The van der Waals surface area contributed by atoms with Gasteiger partial charge in [0.25, 0.3) is 5.91 Å². The van der Waals surface area contributed by atoms with Crippen LogP contribution in [0.25, 0.3) is 5.69 Å². The fourth-order valence-electron chi connectivity index (χ4n) is 3.07. The van der Waals surface area contributed by atoms with Gasteiger partial charge < -0.3 is 9.64 Å². The summed E-state index contributed by atoms with van der Waals surface area (Å²) in [6.07, 6.45) is 4.67. The predicted molar refractivity (Wildman–Crippen MR) is 120 cm³/mol. The lowest BCUT2D eigenvalue weighted by atomic mass is 10.1. The zero-order valence-electron chi connectivity index (χ0n) is 17.0. The Morgan fingerprint density at radius 1 is 1.13 bits per heavy atom. The van der Waals surface area contributed by atoms with Crippen LogP contribution < -0.4 is 4.74 Å². The molecule has 2 aromatic carbocycles. The van der Waals surface area contributed by atoms with E-state index in [1.54, 1.807) is 35.1 Å². The largest absolute Gasteiger partial charge is 0.439 e. The quantitative estimate of drug-likeness (QED) is 0.388. The van der Waals surface area contributed by atoms with Gasteiger partial charge in [0.05, 0.1) is 17.3 Å². The Bertz CT molecular complexity index is 1160. The Hall–Kier alpha value is -3.52. The van der Waals surface area contributed by atoms with Gasteiger partial charge >= 0.3 is 0 Å². The van der Waals surface area contributed by atoms with Crippen LogP contribution in [0.1, 0.15) is 28.9 Å². The number of carbonyl (C=O) groups excluding carboxylic acids is 1. The molecule has 4 rings (SSSR count). The Morgan fingerprint density at radius 2 is 1.94 bits per heavy atom. The summed E-state index contributed by atoms with van der Waals surface area (Å²) in [5, 5.41) is 4.12. The summed E-state index contributed by atoms with van der Waals surface area (Å²) in [4.78, 5) is 22.9.